The van der Waals surface area contributed by atoms with E-state index in [0.717, 1.165) is 59.3 Å². The van der Waals surface area contributed by atoms with E-state index >= 15 is 0 Å². The monoisotopic (exact) mass is 493 g/mol. The smallest absolute Gasteiger partial charge is 0.251 e. The number of pyridine rings is 1. The van der Waals surface area contributed by atoms with E-state index in [1.807, 2.05) is 73.7 Å². The lowest BCUT2D eigenvalue weighted by atomic mass is 10.0. The van der Waals surface area contributed by atoms with Gasteiger partial charge in [0.2, 0.25) is 0 Å². The van der Waals surface area contributed by atoms with Crippen molar-refractivity contribution >= 4 is 22.6 Å². The van der Waals surface area contributed by atoms with E-state index in [0.29, 0.717) is 17.9 Å². The highest BCUT2D eigenvalue weighted by molar-refractivity contribution is 5.95. The van der Waals surface area contributed by atoms with Crippen LogP contribution in [0.5, 0.6) is 5.75 Å². The molecule has 0 amide bonds. The van der Waals surface area contributed by atoms with E-state index in [2.05, 4.69) is 11.0 Å². The number of likely N-dealkylation sites (tertiary alicyclic amines) is 1. The quantitative estimate of drug-likeness (QED) is 0.264. The number of nitrogens with two attached hydrogens (primary N) is 1. The number of fused-ring (bicyclic) bond motifs is 1. The average Bonchev–Trinajstić information content (AvgIpc) is 2.91. The van der Waals surface area contributed by atoms with Crippen LogP contribution in [0.3, 0.4) is 0 Å². The van der Waals surface area contributed by atoms with E-state index in [9.17, 15) is 4.79 Å². The standard InChI is InChI=1S/C30H31N5O2/c1-20(31)34-15-13-26(14-16-34)37-27-10-11-28-25(18-27)9-12-29(36)35(28)19-21-3-2-4-24(17-21)22-5-7-23(8-6-22)30(32)33/h2-12,17-18,26,31H,13-16,19H2,1H3,(H3,32,33). The van der Waals surface area contributed by atoms with Gasteiger partial charge >= 0.3 is 0 Å². The average molecular weight is 494 g/mol. The summed E-state index contributed by atoms with van der Waals surface area (Å²) in [7, 11) is 0. The van der Waals surface area contributed by atoms with Crippen molar-refractivity contribution < 1.29 is 4.74 Å². The molecule has 1 fully saturated rings. The molecule has 0 spiro atoms. The molecule has 0 aliphatic carbocycles. The Morgan fingerprint density at radius 2 is 1.70 bits per heavy atom. The molecule has 4 aromatic rings. The maximum Gasteiger partial charge on any atom is 0.251 e. The van der Waals surface area contributed by atoms with E-state index in [1.165, 1.54) is 0 Å². The van der Waals surface area contributed by atoms with Gasteiger partial charge in [-0.15, -0.1) is 0 Å². The summed E-state index contributed by atoms with van der Waals surface area (Å²) >= 11 is 0. The Labute approximate surface area is 216 Å². The summed E-state index contributed by atoms with van der Waals surface area (Å²) in [4.78, 5) is 14.9. The van der Waals surface area contributed by atoms with Crippen LogP contribution >= 0.6 is 0 Å². The normalized spacial score (nSPS) is 14.0. The molecule has 0 radical (unpaired) electrons. The van der Waals surface area contributed by atoms with Gasteiger partial charge < -0.3 is 19.9 Å². The molecule has 0 atom stereocenters. The van der Waals surface area contributed by atoms with E-state index in [-0.39, 0.29) is 17.5 Å². The highest BCUT2D eigenvalue weighted by Gasteiger charge is 2.21. The minimum Gasteiger partial charge on any atom is -0.490 e. The number of nitrogen functional groups attached to an aromatic ring is 1. The van der Waals surface area contributed by atoms with Gasteiger partial charge in [0, 0.05) is 42.9 Å². The lowest BCUT2D eigenvalue weighted by molar-refractivity contribution is 0.130. The molecule has 0 unspecified atom stereocenters. The molecule has 0 saturated carbocycles. The van der Waals surface area contributed by atoms with Gasteiger partial charge in [-0.3, -0.25) is 15.6 Å². The molecule has 1 aromatic heterocycles. The van der Waals surface area contributed by atoms with Crippen molar-refractivity contribution in [1.82, 2.24) is 9.47 Å². The van der Waals surface area contributed by atoms with Crippen LogP contribution in [0.2, 0.25) is 0 Å². The molecule has 3 aromatic carbocycles. The molecule has 1 aliphatic rings. The van der Waals surface area contributed by atoms with Gasteiger partial charge in [0.25, 0.3) is 5.56 Å². The van der Waals surface area contributed by atoms with Crippen LogP contribution in [0, 0.1) is 10.8 Å². The highest BCUT2D eigenvalue weighted by atomic mass is 16.5. The van der Waals surface area contributed by atoms with Crippen molar-refractivity contribution in [1.29, 1.82) is 10.8 Å². The van der Waals surface area contributed by atoms with Crippen LogP contribution in [0.4, 0.5) is 0 Å². The number of benzene rings is 3. The van der Waals surface area contributed by atoms with E-state index in [1.54, 1.807) is 10.6 Å². The van der Waals surface area contributed by atoms with Gasteiger partial charge in [0.05, 0.1) is 17.9 Å². The Morgan fingerprint density at radius 1 is 0.946 bits per heavy atom. The van der Waals surface area contributed by atoms with Gasteiger partial charge in [0.1, 0.15) is 17.7 Å². The summed E-state index contributed by atoms with van der Waals surface area (Å²) in [5, 5.41) is 16.3. The number of nitrogens with zero attached hydrogens (tertiary/aromatic N) is 2. The molecule has 1 aliphatic heterocycles. The number of hydrogen-bond donors (Lipinski definition) is 3. The highest BCUT2D eigenvalue weighted by Crippen LogP contribution is 2.25. The number of nitrogens with one attached hydrogen (secondary N) is 2. The number of piperidine rings is 1. The zero-order valence-electron chi connectivity index (χ0n) is 20.9. The Morgan fingerprint density at radius 3 is 2.41 bits per heavy atom. The number of aromatic nitrogens is 1. The predicted octanol–water partition coefficient (Wildman–Crippen LogP) is 4.84. The van der Waals surface area contributed by atoms with Gasteiger partial charge in [-0.25, -0.2) is 0 Å². The number of ether oxygens (including phenoxy) is 1. The number of hydrogen-bond acceptors (Lipinski definition) is 4. The summed E-state index contributed by atoms with van der Waals surface area (Å²) in [6, 6.07) is 25.1. The van der Waals surface area contributed by atoms with Crippen LogP contribution in [0.15, 0.2) is 83.7 Å². The lowest BCUT2D eigenvalue weighted by Gasteiger charge is -2.32. The van der Waals surface area contributed by atoms with Crippen LogP contribution in [0.1, 0.15) is 30.9 Å². The molecular formula is C30H31N5O2. The first-order valence-corrected chi connectivity index (χ1v) is 12.5. The van der Waals surface area contributed by atoms with Gasteiger partial charge in [-0.1, -0.05) is 42.5 Å². The maximum atomic E-state index is 12.9. The first-order valence-electron chi connectivity index (χ1n) is 12.5. The fraction of sp³-hybridized carbons (Fsp3) is 0.233. The third-order valence-electron chi connectivity index (χ3n) is 6.98. The van der Waals surface area contributed by atoms with Crippen LogP contribution < -0.4 is 16.0 Å². The van der Waals surface area contributed by atoms with Crippen LogP contribution in [0.25, 0.3) is 22.0 Å². The lowest BCUT2D eigenvalue weighted by Crippen LogP contribution is -2.40. The second-order valence-electron chi connectivity index (χ2n) is 9.56. The third-order valence-corrected chi connectivity index (χ3v) is 6.98. The Balaban J connectivity index is 1.36. The summed E-state index contributed by atoms with van der Waals surface area (Å²) in [5.41, 5.74) is 10.2. The SMILES string of the molecule is CC(=N)N1CCC(Oc2ccc3c(ccc(=O)n3Cc3cccc(-c4ccc(C(=N)N)cc4)c3)c2)CC1. The zero-order chi connectivity index (χ0) is 25.9. The van der Waals surface area contributed by atoms with Gasteiger partial charge in [-0.05, 0) is 53.9 Å². The fourth-order valence-electron chi connectivity index (χ4n) is 4.89. The molecule has 1 saturated heterocycles. The van der Waals surface area contributed by atoms with Gasteiger partial charge in [-0.2, -0.15) is 0 Å². The third kappa shape index (κ3) is 5.40. The summed E-state index contributed by atoms with van der Waals surface area (Å²) in [6.45, 7) is 3.96. The fourth-order valence-corrected chi connectivity index (χ4v) is 4.89. The van der Waals surface area contributed by atoms with E-state index in [4.69, 9.17) is 21.3 Å². The topological polar surface area (TPSA) is 108 Å². The zero-order valence-corrected chi connectivity index (χ0v) is 20.9. The molecule has 7 nitrogen and oxygen atoms in total. The summed E-state index contributed by atoms with van der Waals surface area (Å²) in [5.74, 6) is 1.46. The van der Waals surface area contributed by atoms with Crippen molar-refractivity contribution in [3.63, 3.8) is 0 Å². The predicted molar refractivity (Wildman–Crippen MR) is 149 cm³/mol. The van der Waals surface area contributed by atoms with Crippen molar-refractivity contribution in [2.24, 2.45) is 5.73 Å². The molecule has 37 heavy (non-hydrogen) atoms. The van der Waals surface area contributed by atoms with Crippen molar-refractivity contribution in [2.45, 2.75) is 32.4 Å². The first-order chi connectivity index (χ1) is 17.9. The van der Waals surface area contributed by atoms with E-state index < -0.39 is 0 Å². The number of amidine groups is 2. The summed E-state index contributed by atoms with van der Waals surface area (Å²) in [6.07, 6.45) is 1.91. The minimum absolute atomic E-state index is 0.0486. The second-order valence-corrected chi connectivity index (χ2v) is 9.56. The Hall–Kier alpha value is -4.39. The van der Waals surface area contributed by atoms with Gasteiger partial charge in [0.15, 0.2) is 0 Å². The molecule has 0 bridgehead atoms. The molecule has 4 N–H and O–H groups in total. The first kappa shape index (κ1) is 24.3. The van der Waals surface area contributed by atoms with Crippen molar-refractivity contribution in [3.05, 3.63) is 100 Å². The summed E-state index contributed by atoms with van der Waals surface area (Å²) < 4.78 is 8.06. The van der Waals surface area contributed by atoms with Crippen molar-refractivity contribution in [3.8, 4) is 16.9 Å². The largest absolute Gasteiger partial charge is 0.490 e. The Kier molecular flexibility index (Phi) is 6.77. The second kappa shape index (κ2) is 10.3. The molecule has 5 rings (SSSR count). The van der Waals surface area contributed by atoms with Crippen molar-refractivity contribution in [2.75, 3.05) is 13.1 Å². The number of rotatable bonds is 6. The Bertz CT molecular complexity index is 1520. The molecule has 7 heteroatoms. The molecular weight excluding hydrogens is 462 g/mol. The van der Waals surface area contributed by atoms with Crippen LogP contribution in [-0.4, -0.2) is 40.3 Å². The minimum atomic E-state index is -0.0493. The van der Waals surface area contributed by atoms with Crippen LogP contribution in [-0.2, 0) is 6.54 Å². The molecule has 188 valence electrons. The maximum absolute atomic E-state index is 12.9. The molecule has 2 heterocycles.